The van der Waals surface area contributed by atoms with Crippen molar-refractivity contribution in [2.75, 3.05) is 19.6 Å². The highest BCUT2D eigenvalue weighted by Gasteiger charge is 2.43. The largest absolute Gasteiger partial charge is 0.451 e. The van der Waals surface area contributed by atoms with Gasteiger partial charge in [-0.3, -0.25) is 9.59 Å². The highest BCUT2D eigenvalue weighted by Crippen LogP contribution is 2.36. The average Bonchev–Trinajstić information content (AvgIpc) is 2.67. The minimum atomic E-state index is -5.16. The van der Waals surface area contributed by atoms with Gasteiger partial charge >= 0.3 is 12.4 Å². The van der Waals surface area contributed by atoms with Crippen LogP contribution < -0.4 is 5.73 Å². The Hall–Kier alpha value is -2.44. The number of amides is 2. The third-order valence-corrected chi connectivity index (χ3v) is 5.57. The molecule has 2 N–H and O–H groups in total. The number of nitrogens with zero attached hydrogens (tertiary/aromatic N) is 4. The summed E-state index contributed by atoms with van der Waals surface area (Å²) in [7, 11) is 0. The maximum absolute atomic E-state index is 13.3. The second kappa shape index (κ2) is 8.83. The third-order valence-electron chi connectivity index (χ3n) is 5.57. The molecule has 2 atom stereocenters. The fraction of sp³-hybridized carbons (Fsp3) is 0.684. The molecular weight excluding hydrogens is 444 g/mol. The van der Waals surface area contributed by atoms with Gasteiger partial charge < -0.3 is 15.5 Å². The van der Waals surface area contributed by atoms with E-state index in [1.54, 1.807) is 4.90 Å². The second-order valence-electron chi connectivity index (χ2n) is 8.29. The van der Waals surface area contributed by atoms with Gasteiger partial charge in [0.15, 0.2) is 5.69 Å². The number of aromatic nitrogens is 2. The van der Waals surface area contributed by atoms with E-state index >= 15 is 0 Å². The molecule has 7 nitrogen and oxygen atoms in total. The fourth-order valence-electron chi connectivity index (χ4n) is 3.98. The number of rotatable bonds is 4. The van der Waals surface area contributed by atoms with E-state index in [1.807, 2.05) is 6.92 Å². The molecule has 0 aromatic carbocycles. The molecule has 1 saturated heterocycles. The van der Waals surface area contributed by atoms with Crippen LogP contribution in [0.3, 0.4) is 0 Å². The molecule has 0 radical (unpaired) electrons. The highest BCUT2D eigenvalue weighted by atomic mass is 19.4. The molecule has 0 saturated carbocycles. The van der Waals surface area contributed by atoms with Gasteiger partial charge in [0.25, 0.3) is 0 Å². The molecule has 3 rings (SSSR count). The molecule has 32 heavy (non-hydrogen) atoms. The van der Waals surface area contributed by atoms with Gasteiger partial charge in [-0.15, -0.1) is 0 Å². The maximum atomic E-state index is 13.3. The summed E-state index contributed by atoms with van der Waals surface area (Å²) in [6.07, 6.45) is -9.60. The van der Waals surface area contributed by atoms with E-state index in [1.165, 1.54) is 0 Å². The minimum Gasteiger partial charge on any atom is -0.341 e. The number of halogens is 6. The molecule has 1 unspecified atom stereocenters. The summed E-state index contributed by atoms with van der Waals surface area (Å²) in [5, 5.41) is 0. The summed E-state index contributed by atoms with van der Waals surface area (Å²) in [6, 6.07) is -0.708. The van der Waals surface area contributed by atoms with E-state index < -0.39 is 53.6 Å². The molecule has 0 bridgehead atoms. The van der Waals surface area contributed by atoms with Crippen LogP contribution in [0.25, 0.3) is 0 Å². The molecule has 13 heteroatoms. The zero-order chi connectivity index (χ0) is 23.8. The van der Waals surface area contributed by atoms with Crippen molar-refractivity contribution in [2.24, 2.45) is 11.7 Å². The number of likely N-dealkylation sites (tertiary alicyclic amines) is 1. The SMILES string of the molecule is CC1CCC(=O)N(C[C@@H](N)CC(=O)N2CCc3c(nc(C(F)(F)F)nc3C(F)(F)F)C2)C1. The van der Waals surface area contributed by atoms with Crippen LogP contribution in [0.15, 0.2) is 0 Å². The van der Waals surface area contributed by atoms with Crippen molar-refractivity contribution in [3.63, 3.8) is 0 Å². The minimum absolute atomic E-state index is 0.0611. The van der Waals surface area contributed by atoms with Gasteiger partial charge in [0.05, 0.1) is 12.2 Å². The molecule has 1 aromatic heterocycles. The van der Waals surface area contributed by atoms with Crippen molar-refractivity contribution < 1.29 is 35.9 Å². The van der Waals surface area contributed by atoms with Crippen LogP contribution >= 0.6 is 0 Å². The number of piperidine rings is 1. The zero-order valence-corrected chi connectivity index (χ0v) is 17.3. The lowest BCUT2D eigenvalue weighted by atomic mass is 9.98. The monoisotopic (exact) mass is 467 g/mol. The Bertz CT molecular complexity index is 888. The van der Waals surface area contributed by atoms with Crippen molar-refractivity contribution in [2.45, 2.75) is 57.5 Å². The van der Waals surface area contributed by atoms with Crippen LogP contribution in [0.2, 0.25) is 0 Å². The second-order valence-corrected chi connectivity index (χ2v) is 8.29. The van der Waals surface area contributed by atoms with Crippen molar-refractivity contribution in [3.05, 3.63) is 22.8 Å². The van der Waals surface area contributed by atoms with Gasteiger partial charge in [0.1, 0.15) is 0 Å². The lowest BCUT2D eigenvalue weighted by molar-refractivity contribution is -0.153. The molecular formula is C19H23F6N5O2. The van der Waals surface area contributed by atoms with E-state index in [0.29, 0.717) is 18.9 Å². The first kappa shape index (κ1) is 24.2. The first-order valence-corrected chi connectivity index (χ1v) is 10.1. The molecule has 0 spiro atoms. The van der Waals surface area contributed by atoms with Crippen molar-refractivity contribution >= 4 is 11.8 Å². The summed E-state index contributed by atoms with van der Waals surface area (Å²) in [6.45, 7) is 2.03. The first-order chi connectivity index (χ1) is 14.8. The number of alkyl halides is 6. The first-order valence-electron chi connectivity index (χ1n) is 10.1. The van der Waals surface area contributed by atoms with Crippen LogP contribution in [-0.4, -0.2) is 57.3 Å². The van der Waals surface area contributed by atoms with E-state index in [2.05, 4.69) is 9.97 Å². The van der Waals surface area contributed by atoms with E-state index in [9.17, 15) is 35.9 Å². The zero-order valence-electron chi connectivity index (χ0n) is 17.3. The quantitative estimate of drug-likeness (QED) is 0.687. The topological polar surface area (TPSA) is 92.4 Å². The predicted octanol–water partition coefficient (Wildman–Crippen LogP) is 2.37. The normalized spacial score (nSPS) is 20.9. The predicted molar refractivity (Wildman–Crippen MR) is 98.7 cm³/mol. The van der Waals surface area contributed by atoms with Gasteiger partial charge in [-0.2, -0.15) is 26.3 Å². The highest BCUT2D eigenvalue weighted by molar-refractivity contribution is 5.78. The smallest absolute Gasteiger partial charge is 0.341 e. The summed E-state index contributed by atoms with van der Waals surface area (Å²) >= 11 is 0. The van der Waals surface area contributed by atoms with E-state index in [0.717, 1.165) is 11.3 Å². The Labute approximate surface area is 180 Å². The molecule has 3 heterocycles. The van der Waals surface area contributed by atoms with Crippen LogP contribution in [0.1, 0.15) is 49.0 Å². The Morgan fingerprint density at radius 2 is 1.84 bits per heavy atom. The Morgan fingerprint density at radius 3 is 2.47 bits per heavy atom. The summed E-state index contributed by atoms with van der Waals surface area (Å²) in [5.41, 5.74) is 3.47. The summed E-state index contributed by atoms with van der Waals surface area (Å²) in [5.74, 6) is -2.18. The molecule has 2 aliphatic heterocycles. The summed E-state index contributed by atoms with van der Waals surface area (Å²) < 4.78 is 78.8. The third kappa shape index (κ3) is 5.48. The van der Waals surface area contributed by atoms with Crippen molar-refractivity contribution in [1.82, 2.24) is 19.8 Å². The number of fused-ring (bicyclic) bond motifs is 1. The molecule has 1 fully saturated rings. The fourth-order valence-corrected chi connectivity index (χ4v) is 3.98. The lowest BCUT2D eigenvalue weighted by Gasteiger charge is -2.34. The Kier molecular flexibility index (Phi) is 6.68. The average molecular weight is 467 g/mol. The molecule has 178 valence electrons. The Morgan fingerprint density at radius 1 is 1.16 bits per heavy atom. The van der Waals surface area contributed by atoms with E-state index in [-0.39, 0.29) is 31.8 Å². The molecule has 2 amide bonds. The Balaban J connectivity index is 1.72. The number of carbonyl (C=O) groups excluding carboxylic acids is 2. The molecule has 1 aromatic rings. The van der Waals surface area contributed by atoms with E-state index in [4.69, 9.17) is 5.73 Å². The van der Waals surface area contributed by atoms with Crippen LogP contribution in [-0.2, 0) is 34.9 Å². The number of hydrogen-bond donors (Lipinski definition) is 1. The van der Waals surface area contributed by atoms with Gasteiger partial charge in [0, 0.05) is 44.1 Å². The number of nitrogens with two attached hydrogens (primary N) is 1. The lowest BCUT2D eigenvalue weighted by Crippen LogP contribution is -2.48. The van der Waals surface area contributed by atoms with Crippen molar-refractivity contribution in [1.29, 1.82) is 0 Å². The standard InChI is InChI=1S/C19H23F6N5O2/c1-10-2-3-14(31)30(7-10)8-11(26)6-15(32)29-5-4-12-13(9-29)27-17(19(23,24)25)28-16(12)18(20,21)22/h10-11H,2-9,26H2,1H3/t10?,11-/m0/s1. The van der Waals surface area contributed by atoms with Crippen LogP contribution in [0.4, 0.5) is 26.3 Å². The van der Waals surface area contributed by atoms with Gasteiger partial charge in [-0.25, -0.2) is 9.97 Å². The maximum Gasteiger partial charge on any atom is 0.451 e. The van der Waals surface area contributed by atoms with Crippen LogP contribution in [0.5, 0.6) is 0 Å². The molecule has 2 aliphatic rings. The molecule has 0 aliphatic carbocycles. The number of hydrogen-bond acceptors (Lipinski definition) is 5. The van der Waals surface area contributed by atoms with Crippen LogP contribution in [0, 0.1) is 5.92 Å². The number of carbonyl (C=O) groups is 2. The van der Waals surface area contributed by atoms with Gasteiger partial charge in [0.2, 0.25) is 17.6 Å². The van der Waals surface area contributed by atoms with Crippen molar-refractivity contribution in [3.8, 4) is 0 Å². The van der Waals surface area contributed by atoms with Gasteiger partial charge in [-0.1, -0.05) is 6.92 Å². The van der Waals surface area contributed by atoms with Gasteiger partial charge in [-0.05, 0) is 18.8 Å². The summed E-state index contributed by atoms with van der Waals surface area (Å²) in [4.78, 5) is 33.3.